The molecular weight excluding hydrogens is 254 g/mol. The minimum absolute atomic E-state index is 0.196. The van der Waals surface area contributed by atoms with Gasteiger partial charge in [-0.3, -0.25) is 9.69 Å². The highest BCUT2D eigenvalue weighted by Crippen LogP contribution is 2.29. The van der Waals surface area contributed by atoms with Crippen LogP contribution in [0.3, 0.4) is 0 Å². The molecule has 0 aromatic carbocycles. The van der Waals surface area contributed by atoms with Gasteiger partial charge in [-0.2, -0.15) is 0 Å². The lowest BCUT2D eigenvalue weighted by atomic mass is 9.96. The van der Waals surface area contributed by atoms with E-state index in [-0.39, 0.29) is 5.91 Å². The zero-order chi connectivity index (χ0) is 14.0. The lowest BCUT2D eigenvalue weighted by Crippen LogP contribution is -2.59. The van der Waals surface area contributed by atoms with E-state index >= 15 is 0 Å². The minimum atomic E-state index is -0.555. The second-order valence-corrected chi connectivity index (χ2v) is 6.53. The Bertz CT molecular complexity index is 341. The zero-order valence-electron chi connectivity index (χ0n) is 12.4. The summed E-state index contributed by atoms with van der Waals surface area (Å²) in [5.41, 5.74) is 5.73. The van der Waals surface area contributed by atoms with Gasteiger partial charge in [-0.15, -0.1) is 0 Å². The first-order valence-corrected chi connectivity index (χ1v) is 8.09. The van der Waals surface area contributed by atoms with Crippen molar-refractivity contribution in [1.82, 2.24) is 9.80 Å². The van der Waals surface area contributed by atoms with E-state index in [1.807, 2.05) is 4.90 Å². The Kier molecular flexibility index (Phi) is 4.29. The molecule has 1 aliphatic carbocycles. The Balaban J connectivity index is 1.51. The number of nitrogens with two attached hydrogens (primary N) is 1. The first-order valence-electron chi connectivity index (χ1n) is 8.09. The number of ether oxygens (including phenoxy) is 1. The molecule has 0 atom stereocenters. The third-order valence-corrected chi connectivity index (χ3v) is 5.23. The van der Waals surface area contributed by atoms with Crippen molar-refractivity contribution in [2.75, 3.05) is 39.4 Å². The van der Waals surface area contributed by atoms with Crippen LogP contribution in [0.4, 0.5) is 0 Å². The molecule has 3 rings (SSSR count). The highest BCUT2D eigenvalue weighted by atomic mass is 16.5. The average molecular weight is 281 g/mol. The fourth-order valence-corrected chi connectivity index (χ4v) is 3.88. The Labute approximate surface area is 121 Å². The number of hydrogen-bond donors (Lipinski definition) is 1. The Morgan fingerprint density at radius 3 is 2.25 bits per heavy atom. The number of rotatable bonds is 2. The Hall–Kier alpha value is -0.650. The maximum atomic E-state index is 12.6. The minimum Gasteiger partial charge on any atom is -0.381 e. The van der Waals surface area contributed by atoms with Crippen molar-refractivity contribution in [1.29, 1.82) is 0 Å². The van der Waals surface area contributed by atoms with E-state index in [2.05, 4.69) is 4.90 Å². The molecule has 2 N–H and O–H groups in total. The molecule has 1 amide bonds. The van der Waals surface area contributed by atoms with Crippen molar-refractivity contribution in [2.24, 2.45) is 5.73 Å². The summed E-state index contributed by atoms with van der Waals surface area (Å²) in [7, 11) is 0. The van der Waals surface area contributed by atoms with Crippen molar-refractivity contribution in [3.63, 3.8) is 0 Å². The molecule has 114 valence electrons. The van der Waals surface area contributed by atoms with Crippen LogP contribution >= 0.6 is 0 Å². The Morgan fingerprint density at radius 1 is 1.05 bits per heavy atom. The first-order chi connectivity index (χ1) is 9.69. The monoisotopic (exact) mass is 281 g/mol. The van der Waals surface area contributed by atoms with Gasteiger partial charge in [0.05, 0.1) is 5.54 Å². The molecular formula is C15H27N3O2. The quantitative estimate of drug-likeness (QED) is 0.804. The van der Waals surface area contributed by atoms with Crippen molar-refractivity contribution in [3.8, 4) is 0 Å². The molecule has 0 aromatic heterocycles. The molecule has 3 fully saturated rings. The van der Waals surface area contributed by atoms with Crippen LogP contribution in [0, 0.1) is 0 Å². The summed E-state index contributed by atoms with van der Waals surface area (Å²) >= 11 is 0. The number of nitrogens with zero attached hydrogens (tertiary/aromatic N) is 2. The van der Waals surface area contributed by atoms with Gasteiger partial charge in [-0.05, 0) is 25.7 Å². The topological polar surface area (TPSA) is 58.8 Å². The second-order valence-electron chi connectivity index (χ2n) is 6.53. The van der Waals surface area contributed by atoms with Crippen LogP contribution in [0.5, 0.6) is 0 Å². The lowest BCUT2D eigenvalue weighted by molar-refractivity contribution is -0.139. The van der Waals surface area contributed by atoms with E-state index in [1.165, 1.54) is 0 Å². The van der Waals surface area contributed by atoms with Crippen LogP contribution in [0.2, 0.25) is 0 Å². The lowest BCUT2D eigenvalue weighted by Gasteiger charge is -2.42. The fourth-order valence-electron chi connectivity index (χ4n) is 3.88. The van der Waals surface area contributed by atoms with E-state index in [0.717, 1.165) is 77.9 Å². The molecule has 5 nitrogen and oxygen atoms in total. The summed E-state index contributed by atoms with van der Waals surface area (Å²) in [6, 6.07) is 0.652. The normalized spacial score (nSPS) is 28.8. The molecule has 2 heterocycles. The number of hydrogen-bond acceptors (Lipinski definition) is 4. The van der Waals surface area contributed by atoms with Crippen molar-refractivity contribution in [2.45, 2.75) is 50.1 Å². The summed E-state index contributed by atoms with van der Waals surface area (Å²) in [5, 5.41) is 0. The third kappa shape index (κ3) is 2.85. The highest BCUT2D eigenvalue weighted by Gasteiger charge is 2.40. The number of carbonyl (C=O) groups is 1. The molecule has 20 heavy (non-hydrogen) atoms. The maximum absolute atomic E-state index is 12.6. The molecule has 5 heteroatoms. The fraction of sp³-hybridized carbons (Fsp3) is 0.933. The zero-order valence-corrected chi connectivity index (χ0v) is 12.4. The van der Waals surface area contributed by atoms with Crippen LogP contribution in [-0.4, -0.2) is 66.7 Å². The number of amides is 1. The van der Waals surface area contributed by atoms with E-state index in [4.69, 9.17) is 10.5 Å². The van der Waals surface area contributed by atoms with Crippen LogP contribution in [0.15, 0.2) is 0 Å². The van der Waals surface area contributed by atoms with Crippen molar-refractivity contribution < 1.29 is 9.53 Å². The Morgan fingerprint density at radius 2 is 1.65 bits per heavy atom. The standard InChI is InChI=1S/C15H27N3O2/c16-15(5-1-2-6-15)14(19)18-9-7-17(8-10-18)13-3-11-20-12-4-13/h13H,1-12,16H2. The largest absolute Gasteiger partial charge is 0.381 e. The summed E-state index contributed by atoms with van der Waals surface area (Å²) in [5.74, 6) is 0.196. The van der Waals surface area contributed by atoms with Gasteiger partial charge in [0.15, 0.2) is 0 Å². The number of piperazine rings is 1. The molecule has 0 aromatic rings. The number of carbonyl (C=O) groups excluding carboxylic acids is 1. The molecule has 0 radical (unpaired) electrons. The highest BCUT2D eigenvalue weighted by molar-refractivity contribution is 5.86. The summed E-state index contributed by atoms with van der Waals surface area (Å²) < 4.78 is 5.42. The molecule has 3 aliphatic rings. The third-order valence-electron chi connectivity index (χ3n) is 5.23. The first kappa shape index (κ1) is 14.3. The molecule has 0 bridgehead atoms. The van der Waals surface area contributed by atoms with Crippen LogP contribution < -0.4 is 5.73 Å². The second kappa shape index (κ2) is 6.00. The van der Waals surface area contributed by atoms with Crippen LogP contribution in [0.25, 0.3) is 0 Å². The van der Waals surface area contributed by atoms with E-state index in [1.54, 1.807) is 0 Å². The van der Waals surface area contributed by atoms with Crippen molar-refractivity contribution >= 4 is 5.91 Å². The van der Waals surface area contributed by atoms with E-state index in [9.17, 15) is 4.79 Å². The van der Waals surface area contributed by atoms with E-state index < -0.39 is 5.54 Å². The SMILES string of the molecule is NC1(C(=O)N2CCN(C3CCOCC3)CC2)CCCC1. The van der Waals surface area contributed by atoms with Gasteiger partial charge in [-0.1, -0.05) is 12.8 Å². The van der Waals surface area contributed by atoms with Crippen LogP contribution in [0.1, 0.15) is 38.5 Å². The maximum Gasteiger partial charge on any atom is 0.242 e. The van der Waals surface area contributed by atoms with Crippen molar-refractivity contribution in [3.05, 3.63) is 0 Å². The summed E-state index contributed by atoms with van der Waals surface area (Å²) in [4.78, 5) is 17.1. The molecule has 1 saturated carbocycles. The van der Waals surface area contributed by atoms with Gasteiger partial charge in [0.25, 0.3) is 0 Å². The molecule has 0 unspecified atom stereocenters. The predicted molar refractivity (Wildman–Crippen MR) is 77.4 cm³/mol. The van der Waals surface area contributed by atoms with Gasteiger partial charge >= 0.3 is 0 Å². The van der Waals surface area contributed by atoms with Gasteiger partial charge < -0.3 is 15.4 Å². The summed E-state index contributed by atoms with van der Waals surface area (Å²) in [6.07, 6.45) is 6.20. The molecule has 0 spiro atoms. The van der Waals surface area contributed by atoms with Gasteiger partial charge in [0.2, 0.25) is 5.91 Å². The molecule has 2 saturated heterocycles. The van der Waals surface area contributed by atoms with Gasteiger partial charge in [0, 0.05) is 45.4 Å². The molecule has 2 aliphatic heterocycles. The summed E-state index contributed by atoms with van der Waals surface area (Å²) in [6.45, 7) is 5.44. The average Bonchev–Trinajstić information content (AvgIpc) is 2.96. The predicted octanol–water partition coefficient (Wildman–Crippen LogP) is 0.581. The smallest absolute Gasteiger partial charge is 0.242 e. The van der Waals surface area contributed by atoms with Crippen LogP contribution in [-0.2, 0) is 9.53 Å². The van der Waals surface area contributed by atoms with E-state index in [0.29, 0.717) is 6.04 Å². The van der Waals surface area contributed by atoms with Gasteiger partial charge in [0.1, 0.15) is 0 Å². The van der Waals surface area contributed by atoms with Gasteiger partial charge in [-0.25, -0.2) is 0 Å².